The zero-order valence-corrected chi connectivity index (χ0v) is 25.5. The lowest BCUT2D eigenvalue weighted by Gasteiger charge is -2.11. The maximum absolute atomic E-state index is 11.3. The Balaban J connectivity index is 1.07. The van der Waals surface area contributed by atoms with Gasteiger partial charge >= 0.3 is 0 Å². The van der Waals surface area contributed by atoms with Crippen molar-refractivity contribution in [3.63, 3.8) is 0 Å². The van der Waals surface area contributed by atoms with Crippen LogP contribution >= 0.6 is 0 Å². The zero-order valence-electron chi connectivity index (χ0n) is 25.5. The Hall–Kier alpha value is -6.16. The van der Waals surface area contributed by atoms with Crippen molar-refractivity contribution in [2.75, 3.05) is 28.3 Å². The van der Waals surface area contributed by atoms with E-state index in [9.17, 15) is 4.79 Å². The molecule has 46 heavy (non-hydrogen) atoms. The van der Waals surface area contributed by atoms with E-state index in [-0.39, 0.29) is 5.91 Å². The van der Waals surface area contributed by atoms with Crippen LogP contribution < -0.4 is 21.3 Å². The van der Waals surface area contributed by atoms with Crippen LogP contribution in [0.15, 0.2) is 116 Å². The number of hydrogen-bond donors (Lipinski definition) is 4. The molecule has 10 nitrogen and oxygen atoms in total. The fourth-order valence-electron chi connectivity index (χ4n) is 4.90. The van der Waals surface area contributed by atoms with Gasteiger partial charge in [0.2, 0.25) is 11.9 Å². The second-order valence-corrected chi connectivity index (χ2v) is 10.7. The van der Waals surface area contributed by atoms with E-state index in [0.29, 0.717) is 24.9 Å². The minimum atomic E-state index is -0.152. The van der Waals surface area contributed by atoms with Crippen LogP contribution in [-0.2, 0) is 17.9 Å². The number of rotatable bonds is 11. The van der Waals surface area contributed by atoms with Crippen LogP contribution in [0, 0.1) is 0 Å². The second-order valence-electron chi connectivity index (χ2n) is 10.7. The zero-order chi connectivity index (χ0) is 31.7. The number of pyridine rings is 3. The average molecular weight is 608 g/mol. The summed E-state index contributed by atoms with van der Waals surface area (Å²) in [5, 5.41) is 12.5. The van der Waals surface area contributed by atoms with Crippen LogP contribution in [0.1, 0.15) is 18.1 Å². The summed E-state index contributed by atoms with van der Waals surface area (Å²) >= 11 is 0. The summed E-state index contributed by atoms with van der Waals surface area (Å²) in [6.45, 7) is 2.70. The van der Waals surface area contributed by atoms with Gasteiger partial charge in [-0.25, -0.2) is 19.9 Å². The minimum absolute atomic E-state index is 0.152. The Morgan fingerprint density at radius 2 is 1.20 bits per heavy atom. The Morgan fingerprint density at radius 3 is 1.80 bits per heavy atom. The molecule has 2 aromatic carbocycles. The maximum atomic E-state index is 11.3. The quantitative estimate of drug-likeness (QED) is 0.124. The first-order valence-corrected chi connectivity index (χ1v) is 14.8. The van der Waals surface area contributed by atoms with Gasteiger partial charge in [0.1, 0.15) is 11.6 Å². The molecule has 4 heterocycles. The number of carbonyl (C=O) groups is 1. The topological polar surface area (TPSA) is 130 Å². The highest BCUT2D eigenvalue weighted by molar-refractivity contribution is 5.87. The molecule has 10 heteroatoms. The van der Waals surface area contributed by atoms with Crippen LogP contribution in [0.25, 0.3) is 33.4 Å². The molecule has 0 fully saturated rings. The van der Waals surface area contributed by atoms with Gasteiger partial charge in [0, 0.05) is 86.5 Å². The third-order valence-electron chi connectivity index (χ3n) is 7.28. The van der Waals surface area contributed by atoms with Gasteiger partial charge in [-0.1, -0.05) is 36.4 Å². The molecule has 0 aliphatic heterocycles. The third-order valence-corrected chi connectivity index (χ3v) is 7.28. The molecule has 228 valence electrons. The summed E-state index contributed by atoms with van der Waals surface area (Å²) < 4.78 is 0. The normalized spacial score (nSPS) is 10.7. The van der Waals surface area contributed by atoms with Gasteiger partial charge in [-0.2, -0.15) is 0 Å². The minimum Gasteiger partial charge on any atom is -0.380 e. The number of nitrogens with one attached hydrogen (secondary N) is 4. The largest absolute Gasteiger partial charge is 0.380 e. The number of nitrogens with zero attached hydrogens (tertiary/aromatic N) is 5. The Labute approximate surface area is 267 Å². The van der Waals surface area contributed by atoms with Crippen LogP contribution in [-0.4, -0.2) is 37.9 Å². The predicted molar refractivity (Wildman–Crippen MR) is 183 cm³/mol. The molecule has 0 unspecified atom stereocenters. The predicted octanol–water partition coefficient (Wildman–Crippen LogP) is 6.89. The molecular formula is C36H33N9O. The SMILES string of the molecule is CNc1ccc(-c2cnc(NCc3cccc(-c4cccc(CNc5cncc(-c6ccc(NC(C)=O)nc6)c5)c4)c3)nc2)cn1. The Kier molecular flexibility index (Phi) is 9.15. The van der Waals surface area contributed by atoms with Crippen molar-refractivity contribution in [2.24, 2.45) is 0 Å². The molecule has 0 atom stereocenters. The van der Waals surface area contributed by atoms with E-state index in [1.165, 1.54) is 6.92 Å². The van der Waals surface area contributed by atoms with Crippen LogP contribution in [0.5, 0.6) is 0 Å². The summed E-state index contributed by atoms with van der Waals surface area (Å²) in [4.78, 5) is 33.3. The van der Waals surface area contributed by atoms with Gasteiger partial charge < -0.3 is 21.3 Å². The number of hydrogen-bond acceptors (Lipinski definition) is 9. The van der Waals surface area contributed by atoms with Crippen molar-refractivity contribution in [1.29, 1.82) is 0 Å². The highest BCUT2D eigenvalue weighted by atomic mass is 16.1. The van der Waals surface area contributed by atoms with Crippen molar-refractivity contribution in [1.82, 2.24) is 24.9 Å². The molecule has 4 aromatic heterocycles. The van der Waals surface area contributed by atoms with Gasteiger partial charge in [0.05, 0.1) is 5.69 Å². The lowest BCUT2D eigenvalue weighted by atomic mass is 10.0. The van der Waals surface area contributed by atoms with E-state index < -0.39 is 0 Å². The average Bonchev–Trinajstić information content (AvgIpc) is 3.10. The number of benzene rings is 2. The molecular weight excluding hydrogens is 574 g/mol. The molecule has 0 saturated heterocycles. The summed E-state index contributed by atoms with van der Waals surface area (Å²) in [6, 6.07) is 26.6. The number of amides is 1. The molecule has 6 aromatic rings. The van der Waals surface area contributed by atoms with Gasteiger partial charge in [0.15, 0.2) is 0 Å². The molecule has 0 saturated carbocycles. The molecule has 4 N–H and O–H groups in total. The smallest absolute Gasteiger partial charge is 0.222 e. The number of aromatic nitrogens is 5. The first kappa shape index (κ1) is 29.9. The summed E-state index contributed by atoms with van der Waals surface area (Å²) in [5.74, 6) is 1.75. The fraction of sp³-hybridized carbons (Fsp3) is 0.111. The lowest BCUT2D eigenvalue weighted by Crippen LogP contribution is -2.06. The van der Waals surface area contributed by atoms with E-state index >= 15 is 0 Å². The fourth-order valence-corrected chi connectivity index (χ4v) is 4.90. The highest BCUT2D eigenvalue weighted by Gasteiger charge is 2.06. The summed E-state index contributed by atoms with van der Waals surface area (Å²) in [7, 11) is 1.84. The van der Waals surface area contributed by atoms with Crippen molar-refractivity contribution in [3.05, 3.63) is 127 Å². The number of anilines is 4. The maximum Gasteiger partial charge on any atom is 0.222 e. The van der Waals surface area contributed by atoms with Gasteiger partial charge in [0.25, 0.3) is 0 Å². The van der Waals surface area contributed by atoms with Gasteiger partial charge in [-0.3, -0.25) is 9.78 Å². The van der Waals surface area contributed by atoms with E-state index in [1.807, 2.05) is 31.3 Å². The first-order valence-electron chi connectivity index (χ1n) is 14.8. The van der Waals surface area contributed by atoms with Crippen molar-refractivity contribution >= 4 is 29.2 Å². The molecule has 0 radical (unpaired) electrons. The lowest BCUT2D eigenvalue weighted by molar-refractivity contribution is -0.114. The Bertz CT molecular complexity index is 1930. The monoisotopic (exact) mass is 607 g/mol. The molecule has 0 bridgehead atoms. The summed E-state index contributed by atoms with van der Waals surface area (Å²) in [5.41, 5.74) is 9.17. The second kappa shape index (κ2) is 14.1. The molecule has 0 aliphatic rings. The third kappa shape index (κ3) is 7.67. The molecule has 0 aliphatic carbocycles. The van der Waals surface area contributed by atoms with E-state index in [4.69, 9.17) is 0 Å². The molecule has 0 spiro atoms. The van der Waals surface area contributed by atoms with Crippen LogP contribution in [0.4, 0.5) is 23.3 Å². The first-order chi connectivity index (χ1) is 22.5. The van der Waals surface area contributed by atoms with Gasteiger partial charge in [-0.15, -0.1) is 0 Å². The van der Waals surface area contributed by atoms with Crippen molar-refractivity contribution in [3.8, 4) is 33.4 Å². The van der Waals surface area contributed by atoms with E-state index in [2.05, 4.69) is 94.7 Å². The van der Waals surface area contributed by atoms with Crippen molar-refractivity contribution in [2.45, 2.75) is 20.0 Å². The van der Waals surface area contributed by atoms with E-state index in [0.717, 1.165) is 56.0 Å². The molecule has 6 rings (SSSR count). The van der Waals surface area contributed by atoms with Crippen LogP contribution in [0.3, 0.4) is 0 Å². The van der Waals surface area contributed by atoms with Crippen molar-refractivity contribution < 1.29 is 4.79 Å². The highest BCUT2D eigenvalue weighted by Crippen LogP contribution is 2.25. The van der Waals surface area contributed by atoms with Gasteiger partial charge in [-0.05, 0) is 64.7 Å². The standard InChI is InChI=1S/C36H33N9O/c1-24(46)45-35-12-10-29(19-41-35)31-15-33(23-38-18-31)39-16-25-5-3-7-27(13-25)28-8-4-6-26(14-28)17-42-36-43-21-32(22-44-36)30-9-11-34(37-2)40-20-30/h3-15,18-23,39H,16-17H2,1-2H3,(H,37,40)(H,41,45,46)(H,42,43,44). The van der Waals surface area contributed by atoms with Crippen LogP contribution in [0.2, 0.25) is 0 Å². The Morgan fingerprint density at radius 1 is 0.587 bits per heavy atom. The number of carbonyl (C=O) groups excluding carboxylic acids is 1. The summed E-state index contributed by atoms with van der Waals surface area (Å²) in [6.07, 6.45) is 10.7. The van der Waals surface area contributed by atoms with E-state index in [1.54, 1.807) is 43.2 Å². The molecule has 1 amide bonds.